The summed E-state index contributed by atoms with van der Waals surface area (Å²) in [7, 11) is -3.89. The monoisotopic (exact) mass is 481 g/mol. The summed E-state index contributed by atoms with van der Waals surface area (Å²) in [5.74, 6) is -0.342. The number of hydrogen-bond donors (Lipinski definition) is 4. The van der Waals surface area contributed by atoms with Crippen LogP contribution in [-0.4, -0.2) is 34.8 Å². The van der Waals surface area contributed by atoms with Crippen molar-refractivity contribution in [2.45, 2.75) is 32.6 Å². The maximum atomic E-state index is 12.6. The number of H-pyrrole nitrogens is 1. The lowest BCUT2D eigenvalue weighted by Crippen LogP contribution is -2.14. The average molecular weight is 482 g/mol. The highest BCUT2D eigenvalue weighted by molar-refractivity contribution is 7.92. The molecule has 0 aliphatic carbocycles. The van der Waals surface area contributed by atoms with Crippen LogP contribution in [0, 0.1) is 27.7 Å². The number of benzene rings is 2. The molecule has 1 amide bonds. The summed E-state index contributed by atoms with van der Waals surface area (Å²) >= 11 is 0. The number of carbonyl (C=O) groups excluding carboxylic acids is 1. The Morgan fingerprint density at radius 2 is 1.71 bits per heavy atom. The van der Waals surface area contributed by atoms with Gasteiger partial charge in [0.05, 0.1) is 16.3 Å². The van der Waals surface area contributed by atoms with E-state index in [9.17, 15) is 18.3 Å². The molecule has 2 aromatic heterocycles. The lowest BCUT2D eigenvalue weighted by atomic mass is 10.0. The minimum absolute atomic E-state index is 0.00649. The van der Waals surface area contributed by atoms with E-state index in [-0.39, 0.29) is 22.2 Å². The van der Waals surface area contributed by atoms with Gasteiger partial charge in [-0.05, 0) is 81.3 Å². The lowest BCUT2D eigenvalue weighted by molar-refractivity contribution is 0.102. The number of nitrogens with zero attached hydrogens (tertiary/aromatic N) is 2. The maximum absolute atomic E-state index is 12.6. The van der Waals surface area contributed by atoms with Gasteiger partial charge in [0.25, 0.3) is 15.9 Å². The molecule has 0 atom stereocenters. The molecule has 0 saturated heterocycles. The van der Waals surface area contributed by atoms with E-state index in [1.165, 1.54) is 30.3 Å². The first-order valence-electron chi connectivity index (χ1n) is 10.3. The Morgan fingerprint density at radius 1 is 1.03 bits per heavy atom. The van der Waals surface area contributed by atoms with Gasteiger partial charge in [-0.25, -0.2) is 13.1 Å². The number of aryl methyl sites for hydroxylation is 3. The summed E-state index contributed by atoms with van der Waals surface area (Å²) in [6.07, 6.45) is 0. The number of aromatic nitrogens is 3. The van der Waals surface area contributed by atoms with Crippen LogP contribution in [0.15, 0.2) is 51.9 Å². The number of aromatic amines is 1. The number of phenolic OH excluding ortho intramolecular Hbond substituents is 1. The SMILES string of the molecule is Cc1cc(O)c(-c2cc(C(=O)Nc3ccc(S(=O)(=O)Nc4onc(C)c4C)cc3)[nH]n2)cc1C. The molecule has 0 spiro atoms. The minimum atomic E-state index is -3.89. The first kappa shape index (κ1) is 23.1. The van der Waals surface area contributed by atoms with E-state index >= 15 is 0 Å². The Labute approximate surface area is 196 Å². The number of phenols is 1. The number of hydrogen-bond acceptors (Lipinski definition) is 7. The summed E-state index contributed by atoms with van der Waals surface area (Å²) < 4.78 is 32.6. The Morgan fingerprint density at radius 3 is 2.35 bits per heavy atom. The molecular weight excluding hydrogens is 458 g/mol. The Hall–Kier alpha value is -4.12. The van der Waals surface area contributed by atoms with Gasteiger partial charge in [0.15, 0.2) is 0 Å². The van der Waals surface area contributed by atoms with Crippen molar-refractivity contribution in [3.8, 4) is 17.0 Å². The second kappa shape index (κ2) is 8.67. The molecule has 10 nitrogen and oxygen atoms in total. The van der Waals surface area contributed by atoms with Crippen molar-refractivity contribution in [2.75, 3.05) is 10.0 Å². The van der Waals surface area contributed by atoms with Gasteiger partial charge in [0, 0.05) is 16.8 Å². The number of sulfonamides is 1. The predicted octanol–water partition coefficient (Wildman–Crippen LogP) is 4.06. The highest BCUT2D eigenvalue weighted by atomic mass is 32.2. The zero-order chi connectivity index (χ0) is 24.6. The van der Waals surface area contributed by atoms with Crippen LogP contribution >= 0.6 is 0 Å². The van der Waals surface area contributed by atoms with Crippen LogP contribution in [0.3, 0.4) is 0 Å². The van der Waals surface area contributed by atoms with Crippen LogP contribution in [0.25, 0.3) is 11.3 Å². The Kier molecular flexibility index (Phi) is 5.88. The second-order valence-corrected chi connectivity index (χ2v) is 9.61. The van der Waals surface area contributed by atoms with Crippen LogP contribution in [0.1, 0.15) is 32.9 Å². The third-order valence-corrected chi connectivity index (χ3v) is 6.86. The first-order valence-corrected chi connectivity index (χ1v) is 11.8. The molecule has 0 saturated carbocycles. The molecule has 4 N–H and O–H groups in total. The van der Waals surface area contributed by atoms with Crippen molar-refractivity contribution in [1.82, 2.24) is 15.4 Å². The topological polar surface area (TPSA) is 150 Å². The van der Waals surface area contributed by atoms with Gasteiger partial charge >= 0.3 is 0 Å². The van der Waals surface area contributed by atoms with Gasteiger partial charge in [0.1, 0.15) is 11.4 Å². The molecule has 0 aliphatic heterocycles. The van der Waals surface area contributed by atoms with Crippen molar-refractivity contribution in [3.05, 3.63) is 70.5 Å². The summed E-state index contributed by atoms with van der Waals surface area (Å²) in [6.45, 7) is 7.22. The van der Waals surface area contributed by atoms with Crippen LogP contribution < -0.4 is 10.0 Å². The predicted molar refractivity (Wildman–Crippen MR) is 126 cm³/mol. The molecule has 2 aromatic carbocycles. The number of carbonyl (C=O) groups is 1. The smallest absolute Gasteiger partial charge is 0.273 e. The summed E-state index contributed by atoms with van der Waals surface area (Å²) in [5.41, 5.74) is 4.63. The molecule has 0 unspecified atom stereocenters. The fraction of sp³-hybridized carbons (Fsp3) is 0.174. The van der Waals surface area contributed by atoms with E-state index in [2.05, 4.69) is 25.4 Å². The van der Waals surface area contributed by atoms with E-state index < -0.39 is 15.9 Å². The van der Waals surface area contributed by atoms with E-state index in [0.29, 0.717) is 28.2 Å². The number of aromatic hydroxyl groups is 1. The zero-order valence-electron chi connectivity index (χ0n) is 18.9. The largest absolute Gasteiger partial charge is 0.507 e. The van der Waals surface area contributed by atoms with Gasteiger partial charge in [-0.15, -0.1) is 0 Å². The van der Waals surface area contributed by atoms with Crippen molar-refractivity contribution in [3.63, 3.8) is 0 Å². The van der Waals surface area contributed by atoms with Gasteiger partial charge < -0.3 is 14.9 Å². The molecule has 4 rings (SSSR count). The van der Waals surface area contributed by atoms with Gasteiger partial charge in [0.2, 0.25) is 5.88 Å². The van der Waals surface area contributed by atoms with Crippen molar-refractivity contribution < 1.29 is 22.8 Å². The first-order chi connectivity index (χ1) is 16.0. The molecule has 0 bridgehead atoms. The number of amides is 1. The van der Waals surface area contributed by atoms with Gasteiger partial charge in [-0.3, -0.25) is 9.89 Å². The van der Waals surface area contributed by atoms with E-state index in [1.54, 1.807) is 26.0 Å². The standard InChI is InChI=1S/C23H23N5O5S/c1-12-9-18(21(29)10-13(12)2)19-11-20(26-25-19)22(30)24-16-5-7-17(8-6-16)34(31,32)28-23-14(3)15(4)27-33-23/h5-11,28-29H,1-4H3,(H,24,30)(H,25,26). The Balaban J connectivity index is 1.47. The molecular formula is C23H23N5O5S. The van der Waals surface area contributed by atoms with E-state index in [4.69, 9.17) is 4.52 Å². The van der Waals surface area contributed by atoms with Gasteiger partial charge in [-0.2, -0.15) is 5.10 Å². The van der Waals surface area contributed by atoms with Crippen molar-refractivity contribution in [2.24, 2.45) is 0 Å². The van der Waals surface area contributed by atoms with Crippen LogP contribution in [0.4, 0.5) is 11.6 Å². The fourth-order valence-corrected chi connectivity index (χ4v) is 4.24. The second-order valence-electron chi connectivity index (χ2n) is 7.93. The summed E-state index contributed by atoms with van der Waals surface area (Å²) in [6, 6.07) is 10.6. The Bertz CT molecular complexity index is 1490. The molecule has 0 fully saturated rings. The number of anilines is 2. The molecule has 2 heterocycles. The molecule has 11 heteroatoms. The summed E-state index contributed by atoms with van der Waals surface area (Å²) in [5, 5.41) is 23.4. The molecule has 4 aromatic rings. The maximum Gasteiger partial charge on any atom is 0.273 e. The zero-order valence-corrected chi connectivity index (χ0v) is 19.7. The van der Waals surface area contributed by atoms with Crippen molar-refractivity contribution >= 4 is 27.5 Å². The molecule has 34 heavy (non-hydrogen) atoms. The van der Waals surface area contributed by atoms with E-state index in [0.717, 1.165) is 11.1 Å². The van der Waals surface area contributed by atoms with Crippen LogP contribution in [-0.2, 0) is 10.0 Å². The fourth-order valence-electron chi connectivity index (χ4n) is 3.19. The highest BCUT2D eigenvalue weighted by Gasteiger charge is 2.20. The minimum Gasteiger partial charge on any atom is -0.507 e. The third kappa shape index (κ3) is 4.50. The molecule has 176 valence electrons. The lowest BCUT2D eigenvalue weighted by Gasteiger charge is -2.08. The highest BCUT2D eigenvalue weighted by Crippen LogP contribution is 2.31. The normalized spacial score (nSPS) is 11.4. The van der Waals surface area contributed by atoms with Crippen LogP contribution in [0.5, 0.6) is 5.75 Å². The van der Waals surface area contributed by atoms with Crippen molar-refractivity contribution in [1.29, 1.82) is 0 Å². The molecule has 0 aliphatic rings. The summed E-state index contributed by atoms with van der Waals surface area (Å²) in [4.78, 5) is 12.6. The average Bonchev–Trinajstić information content (AvgIpc) is 3.39. The number of rotatable bonds is 6. The quantitative estimate of drug-likeness (QED) is 0.324. The van der Waals surface area contributed by atoms with E-state index in [1.807, 2.05) is 13.8 Å². The third-order valence-electron chi connectivity index (χ3n) is 5.52. The number of nitrogens with one attached hydrogen (secondary N) is 3. The van der Waals surface area contributed by atoms with Gasteiger partial charge in [-0.1, -0.05) is 5.16 Å². The molecule has 0 radical (unpaired) electrons. The van der Waals surface area contributed by atoms with Crippen LogP contribution in [0.2, 0.25) is 0 Å².